The number of sulfone groups is 1. The van der Waals surface area contributed by atoms with Gasteiger partial charge < -0.3 is 10.8 Å². The molecule has 0 rings (SSSR count). The van der Waals surface area contributed by atoms with E-state index in [1.807, 2.05) is 6.92 Å². The van der Waals surface area contributed by atoms with Gasteiger partial charge in [-0.1, -0.05) is 6.92 Å². The van der Waals surface area contributed by atoms with E-state index in [-0.39, 0.29) is 18.1 Å². The monoisotopic (exact) mass is 195 g/mol. The summed E-state index contributed by atoms with van der Waals surface area (Å²) in [7, 11) is -2.99. The highest BCUT2D eigenvalue weighted by Gasteiger charge is 2.14. The zero-order chi connectivity index (χ0) is 9.61. The third kappa shape index (κ3) is 5.51. The van der Waals surface area contributed by atoms with Crippen molar-refractivity contribution in [3.8, 4) is 0 Å². The summed E-state index contributed by atoms with van der Waals surface area (Å²) < 4.78 is 22.3. The molecule has 74 valence electrons. The Morgan fingerprint density at radius 2 is 2.08 bits per heavy atom. The van der Waals surface area contributed by atoms with Crippen molar-refractivity contribution in [2.24, 2.45) is 5.73 Å². The van der Waals surface area contributed by atoms with Gasteiger partial charge in [-0.05, 0) is 12.8 Å². The Morgan fingerprint density at radius 3 is 2.50 bits per heavy atom. The van der Waals surface area contributed by atoms with Crippen LogP contribution in [0.4, 0.5) is 0 Å². The summed E-state index contributed by atoms with van der Waals surface area (Å²) in [6.45, 7) is 1.76. The van der Waals surface area contributed by atoms with Crippen molar-refractivity contribution >= 4 is 9.84 Å². The standard InChI is InChI=1S/C7H17NO3S/c1-2-5-12(10,11)6-7(8)3-4-9/h7,9H,2-6,8H2,1H3. The van der Waals surface area contributed by atoms with Crippen molar-refractivity contribution in [2.45, 2.75) is 25.8 Å². The van der Waals surface area contributed by atoms with E-state index in [9.17, 15) is 8.42 Å². The fraction of sp³-hybridized carbons (Fsp3) is 1.00. The molecule has 5 heteroatoms. The first-order valence-corrected chi connectivity index (χ1v) is 5.91. The maximum atomic E-state index is 11.2. The summed E-state index contributed by atoms with van der Waals surface area (Å²) in [5.41, 5.74) is 5.46. The van der Waals surface area contributed by atoms with Gasteiger partial charge in [-0.15, -0.1) is 0 Å². The van der Waals surface area contributed by atoms with Crippen molar-refractivity contribution in [3.05, 3.63) is 0 Å². The van der Waals surface area contributed by atoms with Gasteiger partial charge in [-0.2, -0.15) is 0 Å². The maximum Gasteiger partial charge on any atom is 0.151 e. The summed E-state index contributed by atoms with van der Waals surface area (Å²) in [6.07, 6.45) is 0.969. The first kappa shape index (κ1) is 11.9. The molecular weight excluding hydrogens is 178 g/mol. The molecule has 0 aromatic carbocycles. The van der Waals surface area contributed by atoms with E-state index in [4.69, 9.17) is 10.8 Å². The minimum absolute atomic E-state index is 0.0125. The van der Waals surface area contributed by atoms with Crippen LogP contribution in [0.5, 0.6) is 0 Å². The van der Waals surface area contributed by atoms with Crippen LogP contribution in [0.3, 0.4) is 0 Å². The van der Waals surface area contributed by atoms with Crippen LogP contribution in [0, 0.1) is 0 Å². The number of nitrogens with two attached hydrogens (primary N) is 1. The van der Waals surface area contributed by atoms with Crippen LogP contribution in [-0.4, -0.2) is 37.7 Å². The van der Waals surface area contributed by atoms with Crippen molar-refractivity contribution in [1.82, 2.24) is 0 Å². The van der Waals surface area contributed by atoms with Gasteiger partial charge in [0.2, 0.25) is 0 Å². The van der Waals surface area contributed by atoms with E-state index in [2.05, 4.69) is 0 Å². The van der Waals surface area contributed by atoms with Gasteiger partial charge in [0.15, 0.2) is 9.84 Å². The largest absolute Gasteiger partial charge is 0.396 e. The number of hydrogen-bond donors (Lipinski definition) is 2. The van der Waals surface area contributed by atoms with Crippen molar-refractivity contribution < 1.29 is 13.5 Å². The van der Waals surface area contributed by atoms with Crippen LogP contribution in [0.15, 0.2) is 0 Å². The summed E-state index contributed by atoms with van der Waals surface area (Å²) in [4.78, 5) is 0. The van der Waals surface area contributed by atoms with Crippen molar-refractivity contribution in [1.29, 1.82) is 0 Å². The Kier molecular flexibility index (Phi) is 5.44. The summed E-state index contributed by atoms with van der Waals surface area (Å²) in [5, 5.41) is 8.49. The minimum atomic E-state index is -2.99. The van der Waals surface area contributed by atoms with Crippen molar-refractivity contribution in [2.75, 3.05) is 18.1 Å². The molecule has 0 saturated carbocycles. The molecule has 0 bridgehead atoms. The van der Waals surface area contributed by atoms with Crippen LogP contribution in [0.1, 0.15) is 19.8 Å². The van der Waals surface area contributed by atoms with Gasteiger partial charge in [-0.25, -0.2) is 8.42 Å². The van der Waals surface area contributed by atoms with Gasteiger partial charge >= 0.3 is 0 Å². The molecule has 1 unspecified atom stereocenters. The topological polar surface area (TPSA) is 80.4 Å². The fourth-order valence-corrected chi connectivity index (χ4v) is 2.58. The maximum absolute atomic E-state index is 11.2. The van der Waals surface area contributed by atoms with Gasteiger partial charge in [-0.3, -0.25) is 0 Å². The predicted octanol–water partition coefficient (Wildman–Crippen LogP) is -0.479. The van der Waals surface area contributed by atoms with E-state index < -0.39 is 15.9 Å². The Bertz CT molecular complexity index is 201. The van der Waals surface area contributed by atoms with E-state index in [1.165, 1.54) is 0 Å². The van der Waals surface area contributed by atoms with Crippen molar-refractivity contribution in [3.63, 3.8) is 0 Å². The molecule has 0 spiro atoms. The lowest BCUT2D eigenvalue weighted by Crippen LogP contribution is -2.31. The molecule has 0 aliphatic rings. The molecule has 12 heavy (non-hydrogen) atoms. The van der Waals surface area contributed by atoms with Gasteiger partial charge in [0.25, 0.3) is 0 Å². The van der Waals surface area contributed by atoms with E-state index in [1.54, 1.807) is 0 Å². The molecular formula is C7H17NO3S. The smallest absolute Gasteiger partial charge is 0.151 e. The number of aliphatic hydroxyl groups excluding tert-OH is 1. The van der Waals surface area contributed by atoms with E-state index in [0.717, 1.165) is 0 Å². The molecule has 0 aromatic rings. The Morgan fingerprint density at radius 1 is 1.50 bits per heavy atom. The highest BCUT2D eigenvalue weighted by atomic mass is 32.2. The number of aliphatic hydroxyl groups is 1. The van der Waals surface area contributed by atoms with E-state index in [0.29, 0.717) is 12.8 Å². The molecule has 0 saturated heterocycles. The summed E-state index contributed by atoms with van der Waals surface area (Å²) in [5.74, 6) is 0.174. The highest BCUT2D eigenvalue weighted by molar-refractivity contribution is 7.91. The Balaban J connectivity index is 3.89. The Hall–Kier alpha value is -0.130. The number of rotatable bonds is 6. The second kappa shape index (κ2) is 5.50. The molecule has 0 heterocycles. The first-order chi connectivity index (χ1) is 5.52. The lowest BCUT2D eigenvalue weighted by atomic mass is 10.3. The molecule has 0 aromatic heterocycles. The minimum Gasteiger partial charge on any atom is -0.396 e. The van der Waals surface area contributed by atoms with Crippen LogP contribution in [-0.2, 0) is 9.84 Å². The summed E-state index contributed by atoms with van der Waals surface area (Å²) in [6, 6.07) is -0.424. The first-order valence-electron chi connectivity index (χ1n) is 4.08. The summed E-state index contributed by atoms with van der Waals surface area (Å²) >= 11 is 0. The van der Waals surface area contributed by atoms with Gasteiger partial charge in [0, 0.05) is 18.4 Å². The lowest BCUT2D eigenvalue weighted by Gasteiger charge is -2.09. The van der Waals surface area contributed by atoms with Crippen LogP contribution in [0.2, 0.25) is 0 Å². The zero-order valence-corrected chi connectivity index (χ0v) is 8.18. The molecule has 0 radical (unpaired) electrons. The second-order valence-corrected chi connectivity index (χ2v) is 5.12. The van der Waals surface area contributed by atoms with Crippen LogP contribution >= 0.6 is 0 Å². The van der Waals surface area contributed by atoms with Crippen LogP contribution in [0.25, 0.3) is 0 Å². The molecule has 3 N–H and O–H groups in total. The van der Waals surface area contributed by atoms with Gasteiger partial charge in [0.1, 0.15) is 0 Å². The molecule has 0 fully saturated rings. The SMILES string of the molecule is CCCS(=O)(=O)CC(N)CCO. The Labute approximate surface area is 73.7 Å². The average molecular weight is 195 g/mol. The van der Waals surface area contributed by atoms with E-state index >= 15 is 0 Å². The average Bonchev–Trinajstić information content (AvgIpc) is 1.85. The van der Waals surface area contributed by atoms with Gasteiger partial charge in [0.05, 0.1) is 5.75 Å². The molecule has 1 atom stereocenters. The molecule has 0 aliphatic heterocycles. The molecule has 4 nitrogen and oxygen atoms in total. The number of hydrogen-bond acceptors (Lipinski definition) is 4. The highest BCUT2D eigenvalue weighted by Crippen LogP contribution is 1.98. The predicted molar refractivity (Wildman–Crippen MR) is 48.6 cm³/mol. The van der Waals surface area contributed by atoms with Crippen LogP contribution < -0.4 is 5.73 Å². The fourth-order valence-electron chi connectivity index (χ4n) is 0.970. The molecule has 0 amide bonds. The third-order valence-corrected chi connectivity index (χ3v) is 3.45. The zero-order valence-electron chi connectivity index (χ0n) is 7.36. The third-order valence-electron chi connectivity index (χ3n) is 1.48. The second-order valence-electron chi connectivity index (χ2n) is 2.89. The molecule has 0 aliphatic carbocycles. The quantitative estimate of drug-likeness (QED) is 0.600. The normalized spacial score (nSPS) is 14.6. The lowest BCUT2D eigenvalue weighted by molar-refractivity contribution is 0.279.